The molecule has 2 aliphatic heterocycles. The van der Waals surface area contributed by atoms with E-state index in [1.54, 1.807) is 0 Å². The zero-order valence-corrected chi connectivity index (χ0v) is 18.3. The molecule has 0 radical (unpaired) electrons. The fourth-order valence-corrected chi connectivity index (χ4v) is 5.33. The highest BCUT2D eigenvalue weighted by Crippen LogP contribution is 2.33. The number of nitrogens with zero attached hydrogens (tertiary/aromatic N) is 3. The van der Waals surface area contributed by atoms with Crippen molar-refractivity contribution in [3.05, 3.63) is 36.0 Å². The van der Waals surface area contributed by atoms with Gasteiger partial charge in [-0.15, -0.1) is 0 Å². The van der Waals surface area contributed by atoms with Crippen molar-refractivity contribution >= 4 is 22.7 Å². The van der Waals surface area contributed by atoms with Crippen LogP contribution in [0.25, 0.3) is 10.9 Å². The molecule has 5 rings (SSSR count). The lowest BCUT2D eigenvalue weighted by Gasteiger charge is -2.45. The number of morpholine rings is 1. The number of para-hydroxylation sites is 1. The third-order valence-corrected chi connectivity index (χ3v) is 7.26. The normalized spacial score (nSPS) is 25.2. The van der Waals surface area contributed by atoms with Crippen LogP contribution in [0, 0.1) is 0 Å². The molecule has 2 amide bonds. The maximum Gasteiger partial charge on any atom is 0.271 e. The van der Waals surface area contributed by atoms with E-state index in [2.05, 4.69) is 10.2 Å². The lowest BCUT2D eigenvalue weighted by Crippen LogP contribution is -2.65. The molecule has 1 N–H and O–H groups in total. The van der Waals surface area contributed by atoms with E-state index >= 15 is 0 Å². The summed E-state index contributed by atoms with van der Waals surface area (Å²) in [6.45, 7) is 6.88. The number of fused-ring (bicyclic) bond motifs is 3. The third-order valence-electron chi connectivity index (χ3n) is 7.26. The van der Waals surface area contributed by atoms with Gasteiger partial charge in [0.1, 0.15) is 11.2 Å². The van der Waals surface area contributed by atoms with Crippen LogP contribution in [0.1, 0.15) is 43.1 Å². The van der Waals surface area contributed by atoms with E-state index in [9.17, 15) is 9.59 Å². The van der Waals surface area contributed by atoms with Crippen molar-refractivity contribution in [2.75, 3.05) is 39.4 Å². The van der Waals surface area contributed by atoms with Crippen LogP contribution < -0.4 is 5.32 Å². The van der Waals surface area contributed by atoms with Crippen molar-refractivity contribution in [3.8, 4) is 0 Å². The van der Waals surface area contributed by atoms with Crippen molar-refractivity contribution in [2.45, 2.75) is 50.7 Å². The number of hydrogen-bond acceptors (Lipinski definition) is 4. The van der Waals surface area contributed by atoms with E-state index in [0.29, 0.717) is 18.8 Å². The van der Waals surface area contributed by atoms with Gasteiger partial charge in [-0.05, 0) is 31.9 Å². The number of benzene rings is 1. The lowest BCUT2D eigenvalue weighted by atomic mass is 9.94. The van der Waals surface area contributed by atoms with Crippen molar-refractivity contribution in [1.29, 1.82) is 0 Å². The highest BCUT2D eigenvalue weighted by atomic mass is 16.5. The molecule has 31 heavy (non-hydrogen) atoms. The van der Waals surface area contributed by atoms with Crippen molar-refractivity contribution < 1.29 is 14.3 Å². The molecule has 3 aliphatic rings. The first-order chi connectivity index (χ1) is 15.1. The molecule has 0 spiro atoms. The average Bonchev–Trinajstić information content (AvgIpc) is 3.42. The van der Waals surface area contributed by atoms with E-state index in [-0.39, 0.29) is 17.9 Å². The molecule has 1 unspecified atom stereocenters. The molecule has 1 saturated carbocycles. The van der Waals surface area contributed by atoms with Crippen LogP contribution in [-0.4, -0.2) is 77.2 Å². The molecular weight excluding hydrogens is 392 g/mol. The van der Waals surface area contributed by atoms with Gasteiger partial charge in [-0.1, -0.05) is 31.0 Å². The fourth-order valence-electron chi connectivity index (χ4n) is 5.33. The Bertz CT molecular complexity index is 974. The second-order valence-electron chi connectivity index (χ2n) is 9.31. The second kappa shape index (κ2) is 8.28. The predicted molar refractivity (Wildman–Crippen MR) is 119 cm³/mol. The first-order valence-electron chi connectivity index (χ1n) is 11.6. The number of ether oxygens (including phenoxy) is 1. The van der Waals surface area contributed by atoms with Crippen molar-refractivity contribution in [3.63, 3.8) is 0 Å². The van der Waals surface area contributed by atoms with Crippen LogP contribution in [-0.2, 0) is 16.1 Å². The second-order valence-corrected chi connectivity index (χ2v) is 9.31. The minimum absolute atomic E-state index is 0.0295. The Morgan fingerprint density at radius 3 is 2.68 bits per heavy atom. The van der Waals surface area contributed by atoms with Crippen LogP contribution in [0.5, 0.6) is 0 Å². The summed E-state index contributed by atoms with van der Waals surface area (Å²) >= 11 is 0. The van der Waals surface area contributed by atoms with Crippen LogP contribution in [0.15, 0.2) is 30.3 Å². The predicted octanol–water partition coefficient (Wildman–Crippen LogP) is 2.25. The summed E-state index contributed by atoms with van der Waals surface area (Å²) in [5, 5.41) is 4.31. The number of aromatic nitrogens is 1. The highest BCUT2D eigenvalue weighted by molar-refractivity contribution is 6.03. The average molecular weight is 425 g/mol. The molecule has 2 aromatic rings. The molecule has 166 valence electrons. The van der Waals surface area contributed by atoms with Crippen LogP contribution in [0.2, 0.25) is 0 Å². The van der Waals surface area contributed by atoms with Gasteiger partial charge in [0.05, 0.1) is 19.8 Å². The van der Waals surface area contributed by atoms with Gasteiger partial charge in [0, 0.05) is 43.1 Å². The van der Waals surface area contributed by atoms with Gasteiger partial charge in [0.15, 0.2) is 0 Å². The van der Waals surface area contributed by atoms with E-state index in [1.165, 1.54) is 0 Å². The third kappa shape index (κ3) is 3.74. The fraction of sp³-hybridized carbons (Fsp3) is 0.583. The minimum atomic E-state index is -0.916. The summed E-state index contributed by atoms with van der Waals surface area (Å²) < 4.78 is 7.50. The molecule has 0 bridgehead atoms. The summed E-state index contributed by atoms with van der Waals surface area (Å²) in [6.07, 6.45) is 4.38. The Hall–Kier alpha value is -2.38. The molecule has 1 aromatic heterocycles. The van der Waals surface area contributed by atoms with Gasteiger partial charge < -0.3 is 19.5 Å². The summed E-state index contributed by atoms with van der Waals surface area (Å²) in [6, 6.07) is 10.2. The minimum Gasteiger partial charge on any atom is -0.379 e. The molecule has 1 atom stereocenters. The molecule has 1 aromatic carbocycles. The molecular formula is C24H32N4O3. The lowest BCUT2D eigenvalue weighted by molar-refractivity contribution is -0.133. The number of nitrogens with one attached hydrogen (secondary N) is 1. The van der Waals surface area contributed by atoms with E-state index in [0.717, 1.165) is 69.4 Å². The molecule has 3 heterocycles. The van der Waals surface area contributed by atoms with Gasteiger partial charge in [0.2, 0.25) is 5.91 Å². The smallest absolute Gasteiger partial charge is 0.271 e. The Labute approximate surface area is 183 Å². The van der Waals surface area contributed by atoms with Crippen molar-refractivity contribution in [1.82, 2.24) is 19.7 Å². The number of carbonyl (C=O) groups excluding carboxylic acids is 2. The largest absolute Gasteiger partial charge is 0.379 e. The zero-order chi connectivity index (χ0) is 21.4. The van der Waals surface area contributed by atoms with Gasteiger partial charge >= 0.3 is 0 Å². The SMILES string of the molecule is CC1(C(=O)NC2CCCC2)Cn2c(cc3ccccc32)C(=O)N1CCN1CCOCC1. The first kappa shape index (κ1) is 20.5. The first-order valence-corrected chi connectivity index (χ1v) is 11.6. The van der Waals surface area contributed by atoms with Crippen LogP contribution in [0.3, 0.4) is 0 Å². The van der Waals surface area contributed by atoms with Crippen molar-refractivity contribution in [2.24, 2.45) is 0 Å². The van der Waals surface area contributed by atoms with Crippen LogP contribution >= 0.6 is 0 Å². The number of hydrogen-bond donors (Lipinski definition) is 1. The Morgan fingerprint density at radius 1 is 1.16 bits per heavy atom. The monoisotopic (exact) mass is 424 g/mol. The number of amides is 2. The van der Waals surface area contributed by atoms with Gasteiger partial charge in [-0.25, -0.2) is 0 Å². The van der Waals surface area contributed by atoms with E-state index in [1.807, 2.05) is 46.7 Å². The number of carbonyl (C=O) groups is 2. The molecule has 2 fully saturated rings. The number of rotatable bonds is 5. The quantitative estimate of drug-likeness (QED) is 0.800. The summed E-state index contributed by atoms with van der Waals surface area (Å²) in [7, 11) is 0. The molecule has 7 nitrogen and oxygen atoms in total. The van der Waals surface area contributed by atoms with Crippen LogP contribution in [0.4, 0.5) is 0 Å². The molecule has 1 saturated heterocycles. The zero-order valence-electron chi connectivity index (χ0n) is 18.3. The maximum atomic E-state index is 13.7. The van der Waals surface area contributed by atoms with Gasteiger partial charge in [0.25, 0.3) is 5.91 Å². The molecule has 1 aliphatic carbocycles. The Kier molecular flexibility index (Phi) is 5.48. The Morgan fingerprint density at radius 2 is 1.90 bits per heavy atom. The van der Waals surface area contributed by atoms with Gasteiger partial charge in [-0.2, -0.15) is 0 Å². The summed E-state index contributed by atoms with van der Waals surface area (Å²) in [5.74, 6) is -0.0852. The van der Waals surface area contributed by atoms with E-state index < -0.39 is 5.54 Å². The standard InChI is InChI=1S/C24H32N4O3/c1-24(23(30)25-19-7-3-4-8-19)17-27-20-9-5-2-6-18(20)16-21(27)22(29)28(24)11-10-26-12-14-31-15-13-26/h2,5-6,9,16,19H,3-4,7-8,10-15,17H2,1H3,(H,25,30). The topological polar surface area (TPSA) is 66.8 Å². The molecule has 7 heteroatoms. The highest BCUT2D eigenvalue weighted by Gasteiger charge is 2.48. The Balaban J connectivity index is 1.46. The maximum absolute atomic E-state index is 13.7. The summed E-state index contributed by atoms with van der Waals surface area (Å²) in [4.78, 5) is 31.4. The van der Waals surface area contributed by atoms with E-state index in [4.69, 9.17) is 4.74 Å². The van der Waals surface area contributed by atoms with Gasteiger partial charge in [-0.3, -0.25) is 14.5 Å². The summed E-state index contributed by atoms with van der Waals surface area (Å²) in [5.41, 5.74) is 0.772.